The van der Waals surface area contributed by atoms with Crippen LogP contribution >= 0.6 is 0 Å². The molecule has 1 aliphatic heterocycles. The quantitative estimate of drug-likeness (QED) is 0.829. The molecule has 0 aromatic heterocycles. The van der Waals surface area contributed by atoms with Crippen LogP contribution in [0.1, 0.15) is 15.9 Å². The van der Waals surface area contributed by atoms with E-state index in [1.807, 2.05) is 0 Å². The van der Waals surface area contributed by atoms with Crippen LogP contribution in [0.3, 0.4) is 0 Å². The fourth-order valence-corrected chi connectivity index (χ4v) is 6.25. The largest absolute Gasteiger partial charge is 0.283 e. The molecule has 3 rings (SSSR count). The van der Waals surface area contributed by atoms with Crippen LogP contribution in [-0.2, 0) is 20.0 Å². The number of carbonyl (C=O) groups excluding carboxylic acids is 1. The number of hydrogen-bond donors (Lipinski definition) is 0. The second-order valence-corrected chi connectivity index (χ2v) is 8.52. The molecule has 0 spiro atoms. The second kappa shape index (κ2) is 4.65. The Morgan fingerprint density at radius 1 is 0.955 bits per heavy atom. The van der Waals surface area contributed by atoms with E-state index in [1.54, 1.807) is 6.07 Å². The highest BCUT2D eigenvalue weighted by Gasteiger charge is 2.49. The summed E-state index contributed by atoms with van der Waals surface area (Å²) in [4.78, 5) is 11.8. The predicted octanol–water partition coefficient (Wildman–Crippen LogP) is 1.53. The van der Waals surface area contributed by atoms with Crippen LogP contribution in [-0.4, -0.2) is 26.5 Å². The van der Waals surface area contributed by atoms with Crippen LogP contribution in [0.2, 0.25) is 0 Å². The number of hydrogen-bond acceptors (Lipinski definition) is 5. The van der Waals surface area contributed by atoms with E-state index in [0.29, 0.717) is 5.56 Å². The van der Waals surface area contributed by atoms with Gasteiger partial charge in [0.2, 0.25) is 0 Å². The van der Waals surface area contributed by atoms with E-state index in [-0.39, 0.29) is 19.1 Å². The minimum Gasteiger partial charge on any atom is -0.267 e. The van der Waals surface area contributed by atoms with Gasteiger partial charge >= 0.3 is 0 Å². The lowest BCUT2D eigenvalue weighted by Gasteiger charge is -2.16. The van der Waals surface area contributed by atoms with Gasteiger partial charge in [0.05, 0.1) is 10.5 Å². The third-order valence-electron chi connectivity index (χ3n) is 3.37. The Labute approximate surface area is 128 Å². The molecule has 22 heavy (non-hydrogen) atoms. The molecule has 0 saturated heterocycles. The van der Waals surface area contributed by atoms with Crippen molar-refractivity contribution in [3.63, 3.8) is 0 Å². The smallest absolute Gasteiger partial charge is 0.267 e. The zero-order chi connectivity index (χ0) is 16.1. The molecule has 0 aliphatic carbocycles. The molecular formula is C14H11NO5S2. The molecule has 114 valence electrons. The summed E-state index contributed by atoms with van der Waals surface area (Å²) in [5.41, 5.74) is 0.223. The van der Waals surface area contributed by atoms with Gasteiger partial charge in [-0.15, -0.1) is 3.71 Å². The maximum Gasteiger partial charge on any atom is 0.283 e. The molecule has 1 heterocycles. The summed E-state index contributed by atoms with van der Waals surface area (Å²) in [7, 11) is -8.92. The summed E-state index contributed by atoms with van der Waals surface area (Å²) < 4.78 is 50.2. The number of carbonyl (C=O) groups is 1. The average Bonchev–Trinajstić information content (AvgIpc) is 2.67. The first-order chi connectivity index (χ1) is 10.3. The van der Waals surface area contributed by atoms with Crippen molar-refractivity contribution < 1.29 is 21.6 Å². The fraction of sp³-hybridized carbons (Fsp3) is 0.0714. The van der Waals surface area contributed by atoms with Crippen LogP contribution in [0.5, 0.6) is 0 Å². The van der Waals surface area contributed by atoms with Gasteiger partial charge in [-0.05, 0) is 30.7 Å². The number of rotatable bonds is 2. The first kappa shape index (κ1) is 14.7. The lowest BCUT2D eigenvalue weighted by atomic mass is 10.2. The first-order valence-corrected chi connectivity index (χ1v) is 9.15. The Hall–Kier alpha value is -2.19. The predicted molar refractivity (Wildman–Crippen MR) is 78.2 cm³/mol. The molecule has 8 heteroatoms. The van der Waals surface area contributed by atoms with Crippen molar-refractivity contribution in [1.29, 1.82) is 0 Å². The highest BCUT2D eigenvalue weighted by molar-refractivity contribution is 8.05. The molecule has 0 fully saturated rings. The van der Waals surface area contributed by atoms with Gasteiger partial charge in [-0.2, -0.15) is 16.8 Å². The molecule has 2 aromatic rings. The molecule has 1 aliphatic rings. The lowest BCUT2D eigenvalue weighted by molar-refractivity contribution is 0.0928. The van der Waals surface area contributed by atoms with E-state index in [0.717, 1.165) is 0 Å². The van der Waals surface area contributed by atoms with Gasteiger partial charge in [0.1, 0.15) is 4.90 Å². The van der Waals surface area contributed by atoms with Crippen LogP contribution in [0.25, 0.3) is 0 Å². The van der Waals surface area contributed by atoms with Gasteiger partial charge in [-0.25, -0.2) is 0 Å². The van der Waals surface area contributed by atoms with E-state index in [2.05, 4.69) is 0 Å². The number of aryl methyl sites for hydroxylation is 1. The average molecular weight is 337 g/mol. The molecular weight excluding hydrogens is 326 g/mol. The van der Waals surface area contributed by atoms with Gasteiger partial charge < -0.3 is 0 Å². The highest BCUT2D eigenvalue weighted by Crippen LogP contribution is 2.35. The number of sulfonamides is 2. The Morgan fingerprint density at radius 2 is 1.55 bits per heavy atom. The van der Waals surface area contributed by atoms with Gasteiger partial charge in [0, 0.05) is 0 Å². The van der Waals surface area contributed by atoms with Crippen LogP contribution in [0.15, 0.2) is 58.3 Å². The van der Waals surface area contributed by atoms with Crippen molar-refractivity contribution in [1.82, 2.24) is 3.71 Å². The van der Waals surface area contributed by atoms with E-state index >= 15 is 0 Å². The zero-order valence-corrected chi connectivity index (χ0v) is 13.1. The third kappa shape index (κ3) is 1.87. The van der Waals surface area contributed by atoms with E-state index in [1.165, 1.54) is 49.4 Å². The number of benzene rings is 2. The van der Waals surface area contributed by atoms with E-state index < -0.39 is 26.0 Å². The molecule has 0 atom stereocenters. The number of fused-ring (bicyclic) bond motifs is 1. The summed E-state index contributed by atoms with van der Waals surface area (Å²) in [5.74, 6) is -1.06. The van der Waals surface area contributed by atoms with Crippen LogP contribution in [0, 0.1) is 6.92 Å². The second-order valence-electron chi connectivity index (χ2n) is 4.77. The number of amides is 1. The summed E-state index contributed by atoms with van der Waals surface area (Å²) in [6, 6.07) is 11.3. The Balaban J connectivity index is 2.27. The van der Waals surface area contributed by atoms with Crippen molar-refractivity contribution in [2.75, 3.05) is 0 Å². The monoisotopic (exact) mass is 337 g/mol. The van der Waals surface area contributed by atoms with Gasteiger partial charge in [-0.1, -0.05) is 30.3 Å². The standard InChI is InChI=1S/C14H11NO5S2/c1-10-6-2-4-8-12(10)21(17,18)15-14(16)11-7-3-5-9-13(11)22(15,19)20/h2-9H,1H3. The molecule has 0 unspecified atom stereocenters. The van der Waals surface area contributed by atoms with Crippen molar-refractivity contribution in [2.45, 2.75) is 16.7 Å². The minimum absolute atomic E-state index is 0.0208. The summed E-state index contributed by atoms with van der Waals surface area (Å²) in [6.07, 6.45) is 0. The van der Waals surface area contributed by atoms with Gasteiger partial charge in [-0.3, -0.25) is 4.79 Å². The van der Waals surface area contributed by atoms with E-state index in [4.69, 9.17) is 0 Å². The Bertz CT molecular complexity index is 993. The fourth-order valence-electron chi connectivity index (χ4n) is 2.34. The molecule has 0 N–H and O–H groups in total. The SMILES string of the molecule is Cc1ccccc1S(=O)(=O)N1C(=O)c2ccccc2S1(=O)=O. The van der Waals surface area contributed by atoms with Crippen molar-refractivity contribution >= 4 is 26.0 Å². The molecule has 0 radical (unpaired) electrons. The highest BCUT2D eigenvalue weighted by atomic mass is 32.3. The molecule has 2 aromatic carbocycles. The number of nitrogens with zero attached hydrogens (tertiary/aromatic N) is 1. The third-order valence-corrected chi connectivity index (χ3v) is 7.68. The van der Waals surface area contributed by atoms with Crippen LogP contribution < -0.4 is 0 Å². The Kier molecular flexibility index (Phi) is 3.12. The Morgan fingerprint density at radius 3 is 2.18 bits per heavy atom. The van der Waals surface area contributed by atoms with Crippen LogP contribution in [0.4, 0.5) is 0 Å². The van der Waals surface area contributed by atoms with Gasteiger partial charge in [0.15, 0.2) is 0 Å². The molecule has 1 amide bonds. The normalized spacial score (nSPS) is 16.6. The summed E-state index contributed by atoms with van der Waals surface area (Å²) in [6.45, 7) is 1.53. The van der Waals surface area contributed by atoms with Crippen molar-refractivity contribution in [2.24, 2.45) is 0 Å². The minimum atomic E-state index is -4.50. The van der Waals surface area contributed by atoms with Crippen molar-refractivity contribution in [3.05, 3.63) is 59.7 Å². The lowest BCUT2D eigenvalue weighted by Crippen LogP contribution is -2.36. The molecule has 0 bridgehead atoms. The summed E-state index contributed by atoms with van der Waals surface area (Å²) >= 11 is 0. The summed E-state index contributed by atoms with van der Waals surface area (Å²) in [5, 5.41) is 0. The zero-order valence-electron chi connectivity index (χ0n) is 11.4. The van der Waals surface area contributed by atoms with E-state index in [9.17, 15) is 21.6 Å². The maximum absolute atomic E-state index is 12.7. The first-order valence-electron chi connectivity index (χ1n) is 6.27. The van der Waals surface area contributed by atoms with Crippen molar-refractivity contribution in [3.8, 4) is 0 Å². The maximum atomic E-state index is 12.7. The van der Waals surface area contributed by atoms with Gasteiger partial charge in [0.25, 0.3) is 26.0 Å². The topological polar surface area (TPSA) is 88.6 Å². The molecule has 0 saturated carbocycles. The molecule has 6 nitrogen and oxygen atoms in total.